The first kappa shape index (κ1) is 20.6. The minimum atomic E-state index is 0.133. The molecule has 1 aromatic heterocycles. The van der Waals surface area contributed by atoms with Gasteiger partial charge in [-0.25, -0.2) is 0 Å². The number of hydrogen-bond acceptors (Lipinski definition) is 2. The first-order valence-corrected chi connectivity index (χ1v) is 10.8. The maximum atomic E-state index is 13.1. The maximum Gasteiger partial charge on any atom is 0.227 e. The molecule has 0 N–H and O–H groups in total. The van der Waals surface area contributed by atoms with Gasteiger partial charge in [0, 0.05) is 21.2 Å². The van der Waals surface area contributed by atoms with Crippen LogP contribution in [0.4, 0.5) is 5.69 Å². The highest BCUT2D eigenvalue weighted by Gasteiger charge is 2.23. The molecule has 2 nitrogen and oxygen atoms in total. The van der Waals surface area contributed by atoms with Gasteiger partial charge in [-0.2, -0.15) is 0 Å². The zero-order valence-corrected chi connectivity index (χ0v) is 18.2. The fourth-order valence-corrected chi connectivity index (χ4v) is 4.44. The number of halogens is 1. The number of aryl methyl sites for hydroxylation is 1. The first-order valence-electron chi connectivity index (χ1n) is 9.63. The number of anilines is 1. The summed E-state index contributed by atoms with van der Waals surface area (Å²) in [4.78, 5) is 17.4. The molecule has 1 aliphatic carbocycles. The Kier molecular flexibility index (Phi) is 6.93. The zero-order chi connectivity index (χ0) is 20.1. The predicted molar refractivity (Wildman–Crippen MR) is 122 cm³/mol. The molecular formula is C24H26ClNOS. The molecule has 1 heterocycles. The first-order chi connectivity index (χ1) is 13.5. The van der Waals surface area contributed by atoms with Gasteiger partial charge in [0.1, 0.15) is 0 Å². The number of carbonyl (C=O) groups is 1. The third-order valence-electron chi connectivity index (χ3n) is 4.63. The van der Waals surface area contributed by atoms with Crippen LogP contribution in [0.25, 0.3) is 10.4 Å². The van der Waals surface area contributed by atoms with Crippen LogP contribution in [0.15, 0.2) is 71.3 Å². The minimum Gasteiger partial charge on any atom is -0.307 e. The quantitative estimate of drug-likeness (QED) is 0.495. The molecule has 1 aliphatic rings. The topological polar surface area (TPSA) is 20.3 Å². The van der Waals surface area contributed by atoms with E-state index in [0.29, 0.717) is 18.9 Å². The molecule has 0 aliphatic heterocycles. The summed E-state index contributed by atoms with van der Waals surface area (Å²) in [5, 5.41) is 0.725. The molecule has 0 unspecified atom stereocenters. The Balaban J connectivity index is 1.97. The summed E-state index contributed by atoms with van der Waals surface area (Å²) in [6, 6.07) is 12.4. The summed E-state index contributed by atoms with van der Waals surface area (Å²) >= 11 is 8.21. The van der Waals surface area contributed by atoms with Crippen molar-refractivity contribution in [3.05, 3.63) is 76.2 Å². The van der Waals surface area contributed by atoms with Crippen molar-refractivity contribution in [3.63, 3.8) is 0 Å². The van der Waals surface area contributed by atoms with Crippen molar-refractivity contribution in [1.29, 1.82) is 0 Å². The van der Waals surface area contributed by atoms with E-state index in [1.165, 1.54) is 10.4 Å². The van der Waals surface area contributed by atoms with Crippen LogP contribution in [0.5, 0.6) is 0 Å². The molecule has 0 atom stereocenters. The van der Waals surface area contributed by atoms with Crippen LogP contribution in [-0.4, -0.2) is 12.5 Å². The van der Waals surface area contributed by atoms with Crippen molar-refractivity contribution in [2.24, 2.45) is 5.92 Å². The molecule has 28 heavy (non-hydrogen) atoms. The Labute approximate surface area is 176 Å². The second kappa shape index (κ2) is 9.40. The van der Waals surface area contributed by atoms with Crippen molar-refractivity contribution in [3.8, 4) is 10.4 Å². The number of carbonyl (C=O) groups excluding carboxylic acids is 1. The zero-order valence-electron chi connectivity index (χ0n) is 16.6. The van der Waals surface area contributed by atoms with E-state index in [9.17, 15) is 4.79 Å². The number of thiophene rings is 1. The average Bonchev–Trinajstić information content (AvgIpc) is 2.93. The van der Waals surface area contributed by atoms with E-state index < -0.39 is 0 Å². The summed E-state index contributed by atoms with van der Waals surface area (Å²) in [5.74, 6) is 0.436. The Morgan fingerprint density at radius 1 is 1.25 bits per heavy atom. The number of benzene rings is 1. The minimum absolute atomic E-state index is 0.133. The highest BCUT2D eigenvalue weighted by atomic mass is 35.5. The summed E-state index contributed by atoms with van der Waals surface area (Å²) in [6.07, 6.45) is 9.43. The average molecular weight is 412 g/mol. The fourth-order valence-electron chi connectivity index (χ4n) is 3.20. The van der Waals surface area contributed by atoms with Crippen molar-refractivity contribution >= 4 is 34.5 Å². The molecule has 1 amide bonds. The van der Waals surface area contributed by atoms with Crippen LogP contribution in [0, 0.1) is 12.8 Å². The maximum absolute atomic E-state index is 13.1. The van der Waals surface area contributed by atoms with Crippen LogP contribution < -0.4 is 4.90 Å². The van der Waals surface area contributed by atoms with E-state index in [1.807, 2.05) is 41.3 Å². The second-order valence-electron chi connectivity index (χ2n) is 7.40. The predicted octanol–water partition coefficient (Wildman–Crippen LogP) is 7.11. The van der Waals surface area contributed by atoms with Gasteiger partial charge in [-0.05, 0) is 36.5 Å². The highest BCUT2D eigenvalue weighted by Crippen LogP contribution is 2.37. The molecule has 0 fully saturated rings. The van der Waals surface area contributed by atoms with Gasteiger partial charge >= 0.3 is 0 Å². The van der Waals surface area contributed by atoms with Crippen molar-refractivity contribution in [2.45, 2.75) is 33.6 Å². The number of nitrogens with zero attached hydrogens (tertiary/aromatic N) is 1. The van der Waals surface area contributed by atoms with Gasteiger partial charge in [-0.1, -0.05) is 80.1 Å². The van der Waals surface area contributed by atoms with Crippen LogP contribution in [-0.2, 0) is 4.79 Å². The molecule has 0 saturated carbocycles. The van der Waals surface area contributed by atoms with Gasteiger partial charge in [-0.3, -0.25) is 4.79 Å². The van der Waals surface area contributed by atoms with Gasteiger partial charge in [0.2, 0.25) is 5.91 Å². The normalized spacial score (nSPS) is 13.9. The third-order valence-corrected chi connectivity index (χ3v) is 6.11. The molecule has 146 valence electrons. The Morgan fingerprint density at radius 2 is 2.00 bits per heavy atom. The lowest BCUT2D eigenvalue weighted by Crippen LogP contribution is -2.33. The second-order valence-corrected chi connectivity index (χ2v) is 9.07. The molecular weight excluding hydrogens is 386 g/mol. The van der Waals surface area contributed by atoms with Crippen LogP contribution in [0.3, 0.4) is 0 Å². The number of hydrogen-bond donors (Lipinski definition) is 0. The molecule has 0 spiro atoms. The summed E-state index contributed by atoms with van der Waals surface area (Å²) in [7, 11) is 0. The van der Waals surface area contributed by atoms with Crippen LogP contribution in [0.2, 0.25) is 0 Å². The van der Waals surface area contributed by atoms with E-state index in [-0.39, 0.29) is 5.91 Å². The molecule has 4 heteroatoms. The Bertz CT molecular complexity index is 921. The van der Waals surface area contributed by atoms with Crippen LogP contribution >= 0.6 is 22.9 Å². The van der Waals surface area contributed by atoms with Gasteiger partial charge in [0.05, 0.1) is 12.2 Å². The molecule has 0 saturated heterocycles. The van der Waals surface area contributed by atoms with Crippen molar-refractivity contribution in [2.75, 3.05) is 11.4 Å². The van der Waals surface area contributed by atoms with Gasteiger partial charge in [0.25, 0.3) is 0 Å². The Hall–Kier alpha value is -2.10. The molecule has 0 bridgehead atoms. The van der Waals surface area contributed by atoms with Gasteiger partial charge in [-0.15, -0.1) is 11.3 Å². The monoisotopic (exact) mass is 411 g/mol. The van der Waals surface area contributed by atoms with Gasteiger partial charge in [0.15, 0.2) is 0 Å². The number of amides is 1. The summed E-state index contributed by atoms with van der Waals surface area (Å²) < 4.78 is 0. The number of rotatable bonds is 6. The Morgan fingerprint density at radius 3 is 2.71 bits per heavy atom. The molecule has 1 aromatic carbocycles. The molecule has 2 aromatic rings. The standard InChI is InChI=1S/C24H26ClNOS/c1-17(2)14-24(27)26(16-20-12-8-5-9-13-21(20)25)22-15-23(28-18(22)3)19-10-6-4-7-11-19/h4-8,10-13,15,17H,9,14,16H2,1-3H3. The summed E-state index contributed by atoms with van der Waals surface area (Å²) in [5.41, 5.74) is 3.13. The summed E-state index contributed by atoms with van der Waals surface area (Å²) in [6.45, 7) is 6.72. The lowest BCUT2D eigenvalue weighted by atomic mass is 10.1. The van der Waals surface area contributed by atoms with E-state index in [0.717, 1.165) is 27.6 Å². The lowest BCUT2D eigenvalue weighted by Gasteiger charge is -2.25. The van der Waals surface area contributed by atoms with Gasteiger partial charge < -0.3 is 4.90 Å². The van der Waals surface area contributed by atoms with E-state index in [2.05, 4.69) is 45.0 Å². The number of allylic oxidation sites excluding steroid dienone is 4. The lowest BCUT2D eigenvalue weighted by molar-refractivity contribution is -0.119. The molecule has 0 radical (unpaired) electrons. The fraction of sp³-hybridized carbons (Fsp3) is 0.292. The van der Waals surface area contributed by atoms with Crippen LogP contribution in [0.1, 0.15) is 31.6 Å². The van der Waals surface area contributed by atoms with E-state index >= 15 is 0 Å². The highest BCUT2D eigenvalue weighted by molar-refractivity contribution is 7.16. The third kappa shape index (κ3) is 5.03. The van der Waals surface area contributed by atoms with E-state index in [1.54, 1.807) is 11.3 Å². The van der Waals surface area contributed by atoms with E-state index in [4.69, 9.17) is 11.6 Å². The smallest absolute Gasteiger partial charge is 0.227 e. The SMILES string of the molecule is Cc1sc(-c2ccccc2)cc1N(CC1=CC=CCC=C1Cl)C(=O)CC(C)C. The van der Waals surface area contributed by atoms with Crippen molar-refractivity contribution in [1.82, 2.24) is 0 Å². The van der Waals surface area contributed by atoms with Crippen molar-refractivity contribution < 1.29 is 4.79 Å². The molecule has 3 rings (SSSR count). The largest absolute Gasteiger partial charge is 0.307 e.